The van der Waals surface area contributed by atoms with E-state index in [1.807, 2.05) is 44.2 Å². The van der Waals surface area contributed by atoms with Gasteiger partial charge < -0.3 is 10.2 Å². The van der Waals surface area contributed by atoms with E-state index in [9.17, 15) is 22.4 Å². The average Bonchev–Trinajstić information content (AvgIpc) is 3.04. The van der Waals surface area contributed by atoms with E-state index < -0.39 is 34.3 Å². The smallest absolute Gasteiger partial charge is 0.264 e. The average molecular weight is 671 g/mol. The predicted octanol–water partition coefficient (Wildman–Crippen LogP) is 6.88. The maximum Gasteiger partial charge on any atom is 0.264 e. The van der Waals surface area contributed by atoms with Gasteiger partial charge in [-0.05, 0) is 73.0 Å². The van der Waals surface area contributed by atoms with Crippen LogP contribution < -0.4 is 9.62 Å². The Morgan fingerprint density at radius 2 is 1.47 bits per heavy atom. The molecular formula is C34H34Cl2FN3O4S. The molecule has 236 valence electrons. The number of rotatable bonds is 13. The van der Waals surface area contributed by atoms with Crippen LogP contribution >= 0.6 is 23.2 Å². The fourth-order valence-corrected chi connectivity index (χ4v) is 6.42. The molecule has 0 saturated carbocycles. The van der Waals surface area contributed by atoms with E-state index in [1.54, 1.807) is 48.5 Å². The Morgan fingerprint density at radius 3 is 2.07 bits per heavy atom. The van der Waals surface area contributed by atoms with Crippen molar-refractivity contribution in [3.05, 3.63) is 130 Å². The number of para-hydroxylation sites is 1. The summed E-state index contributed by atoms with van der Waals surface area (Å²) in [5.74, 6) is -1.61. The first-order valence-corrected chi connectivity index (χ1v) is 16.6. The highest BCUT2D eigenvalue weighted by Gasteiger charge is 2.35. The monoisotopic (exact) mass is 669 g/mol. The van der Waals surface area contributed by atoms with E-state index >= 15 is 0 Å². The first-order chi connectivity index (χ1) is 21.5. The summed E-state index contributed by atoms with van der Waals surface area (Å²) < 4.78 is 42.6. The Hall–Kier alpha value is -3.92. The molecule has 0 bridgehead atoms. The lowest BCUT2D eigenvalue weighted by Crippen LogP contribution is -2.54. The minimum atomic E-state index is -4.33. The van der Waals surface area contributed by atoms with Crippen LogP contribution in [0.5, 0.6) is 0 Å². The third-order valence-corrected chi connectivity index (χ3v) is 9.86. The van der Waals surface area contributed by atoms with E-state index in [-0.39, 0.29) is 40.5 Å². The quantitative estimate of drug-likeness (QED) is 0.168. The van der Waals surface area contributed by atoms with Gasteiger partial charge in [0.15, 0.2) is 0 Å². The summed E-state index contributed by atoms with van der Waals surface area (Å²) in [7, 11) is -4.33. The SMILES string of the molecule is CC[C@H](C)NC(=O)[C@H](Cc1ccccc1)N(Cc1ccc(Cl)c(Cl)c1)C(=O)CN(c1ccccc1)S(=O)(=O)c1ccc(F)cc1. The summed E-state index contributed by atoms with van der Waals surface area (Å²) in [4.78, 5) is 29.5. The number of hydrogen-bond acceptors (Lipinski definition) is 4. The van der Waals surface area contributed by atoms with Crippen molar-refractivity contribution in [1.29, 1.82) is 0 Å². The van der Waals surface area contributed by atoms with Gasteiger partial charge in [0.25, 0.3) is 10.0 Å². The molecular weight excluding hydrogens is 636 g/mol. The highest BCUT2D eigenvalue weighted by atomic mass is 35.5. The molecule has 0 spiro atoms. The van der Waals surface area contributed by atoms with Gasteiger partial charge in [0, 0.05) is 19.0 Å². The van der Waals surface area contributed by atoms with Gasteiger partial charge in [0.2, 0.25) is 11.8 Å². The van der Waals surface area contributed by atoms with Crippen molar-refractivity contribution >= 4 is 50.7 Å². The zero-order valence-electron chi connectivity index (χ0n) is 24.9. The van der Waals surface area contributed by atoms with Gasteiger partial charge in [-0.3, -0.25) is 13.9 Å². The van der Waals surface area contributed by atoms with E-state index in [4.69, 9.17) is 23.2 Å². The Balaban J connectivity index is 1.80. The van der Waals surface area contributed by atoms with Crippen LogP contribution in [0.2, 0.25) is 10.0 Å². The molecule has 7 nitrogen and oxygen atoms in total. The minimum Gasteiger partial charge on any atom is -0.352 e. The number of hydrogen-bond donors (Lipinski definition) is 1. The van der Waals surface area contributed by atoms with Crippen molar-refractivity contribution in [2.45, 2.75) is 50.2 Å². The number of carbonyl (C=O) groups is 2. The highest BCUT2D eigenvalue weighted by Crippen LogP contribution is 2.27. The van der Waals surface area contributed by atoms with E-state index in [0.717, 1.165) is 34.1 Å². The number of halogens is 3. The number of nitrogens with one attached hydrogen (secondary N) is 1. The molecule has 0 saturated heterocycles. The standard InChI is InChI=1S/C34H34Cl2FN3O4S/c1-3-24(2)38-34(42)32(21-25-10-6-4-7-11-25)39(22-26-14-19-30(35)31(36)20-26)33(41)23-40(28-12-8-5-9-13-28)45(43,44)29-17-15-27(37)16-18-29/h4-20,24,32H,3,21-23H2,1-2H3,(H,38,42)/t24-,32-/m0/s1. The molecule has 4 rings (SSSR count). The number of nitrogens with zero attached hydrogens (tertiary/aromatic N) is 2. The van der Waals surface area contributed by atoms with Crippen LogP contribution in [-0.4, -0.2) is 43.8 Å². The Labute approximate surface area is 273 Å². The fourth-order valence-electron chi connectivity index (χ4n) is 4.69. The molecule has 0 aromatic heterocycles. The molecule has 4 aromatic carbocycles. The molecule has 11 heteroatoms. The molecule has 0 aliphatic rings. The van der Waals surface area contributed by atoms with Crippen molar-refractivity contribution in [1.82, 2.24) is 10.2 Å². The van der Waals surface area contributed by atoms with Crippen molar-refractivity contribution in [2.24, 2.45) is 0 Å². The zero-order valence-corrected chi connectivity index (χ0v) is 27.2. The molecule has 0 fully saturated rings. The maximum atomic E-state index is 14.4. The predicted molar refractivity (Wildman–Crippen MR) is 176 cm³/mol. The number of amides is 2. The van der Waals surface area contributed by atoms with Crippen LogP contribution in [-0.2, 0) is 32.6 Å². The third kappa shape index (κ3) is 8.84. The summed E-state index contributed by atoms with van der Waals surface area (Å²) in [6, 6.07) is 25.5. The second kappa shape index (κ2) is 15.4. The summed E-state index contributed by atoms with van der Waals surface area (Å²) in [5.41, 5.74) is 1.64. The lowest BCUT2D eigenvalue weighted by atomic mass is 10.0. The van der Waals surface area contributed by atoms with Crippen molar-refractivity contribution in [3.8, 4) is 0 Å². The second-order valence-corrected chi connectivity index (χ2v) is 13.3. The van der Waals surface area contributed by atoms with Gasteiger partial charge in [-0.25, -0.2) is 12.8 Å². The highest BCUT2D eigenvalue weighted by molar-refractivity contribution is 7.92. The summed E-state index contributed by atoms with van der Waals surface area (Å²) in [6.07, 6.45) is 0.842. The lowest BCUT2D eigenvalue weighted by Gasteiger charge is -2.34. The van der Waals surface area contributed by atoms with Crippen LogP contribution in [0.4, 0.5) is 10.1 Å². The fraction of sp³-hybridized carbons (Fsp3) is 0.235. The number of sulfonamides is 1. The van der Waals surface area contributed by atoms with Crippen molar-refractivity contribution < 1.29 is 22.4 Å². The Bertz CT molecular complexity index is 1710. The topological polar surface area (TPSA) is 86.8 Å². The Morgan fingerprint density at radius 1 is 0.844 bits per heavy atom. The molecule has 2 amide bonds. The Kier molecular flexibility index (Phi) is 11.6. The molecule has 0 aliphatic heterocycles. The van der Waals surface area contributed by atoms with Gasteiger partial charge in [-0.15, -0.1) is 0 Å². The van der Waals surface area contributed by atoms with Gasteiger partial charge in [0.1, 0.15) is 18.4 Å². The third-order valence-electron chi connectivity index (χ3n) is 7.33. The van der Waals surface area contributed by atoms with Crippen LogP contribution in [0.15, 0.2) is 108 Å². The van der Waals surface area contributed by atoms with Gasteiger partial charge in [0.05, 0.1) is 20.6 Å². The summed E-state index contributed by atoms with van der Waals surface area (Å²) >= 11 is 12.5. The van der Waals surface area contributed by atoms with Gasteiger partial charge in [-0.1, -0.05) is 84.7 Å². The first-order valence-electron chi connectivity index (χ1n) is 14.4. The molecule has 45 heavy (non-hydrogen) atoms. The molecule has 2 atom stereocenters. The van der Waals surface area contributed by atoms with Crippen molar-refractivity contribution in [2.75, 3.05) is 10.8 Å². The first kappa shape index (κ1) is 34.0. The van der Waals surface area contributed by atoms with Gasteiger partial charge >= 0.3 is 0 Å². The normalized spacial score (nSPS) is 12.6. The van der Waals surface area contributed by atoms with E-state index in [0.29, 0.717) is 17.0 Å². The summed E-state index contributed by atoms with van der Waals surface area (Å²) in [6.45, 7) is 3.12. The van der Waals surface area contributed by atoms with Crippen LogP contribution in [0.3, 0.4) is 0 Å². The molecule has 1 N–H and O–H groups in total. The van der Waals surface area contributed by atoms with E-state index in [1.165, 1.54) is 4.90 Å². The lowest BCUT2D eigenvalue weighted by molar-refractivity contribution is -0.140. The molecule has 4 aromatic rings. The molecule has 0 radical (unpaired) electrons. The number of benzene rings is 4. The minimum absolute atomic E-state index is 0.0552. The second-order valence-electron chi connectivity index (χ2n) is 10.6. The molecule has 0 aliphatic carbocycles. The molecule has 0 heterocycles. The van der Waals surface area contributed by atoms with E-state index in [2.05, 4.69) is 5.32 Å². The molecule has 0 unspecified atom stereocenters. The maximum absolute atomic E-state index is 14.4. The zero-order chi connectivity index (χ0) is 32.6. The number of anilines is 1. The van der Waals surface area contributed by atoms with Crippen LogP contribution in [0.25, 0.3) is 0 Å². The van der Waals surface area contributed by atoms with Crippen molar-refractivity contribution in [3.63, 3.8) is 0 Å². The van der Waals surface area contributed by atoms with Gasteiger partial charge in [-0.2, -0.15) is 0 Å². The summed E-state index contributed by atoms with van der Waals surface area (Å²) in [5, 5.41) is 3.59. The number of carbonyl (C=O) groups excluding carboxylic acids is 2. The van der Waals surface area contributed by atoms with Crippen LogP contribution in [0, 0.1) is 5.82 Å². The van der Waals surface area contributed by atoms with Crippen LogP contribution in [0.1, 0.15) is 31.4 Å². The largest absolute Gasteiger partial charge is 0.352 e.